The zero-order valence-corrected chi connectivity index (χ0v) is 18.9. The van der Waals surface area contributed by atoms with E-state index in [0.717, 1.165) is 49.7 Å². The summed E-state index contributed by atoms with van der Waals surface area (Å²) in [4.78, 5) is 15.6. The number of carbonyl (C=O) groups is 1. The summed E-state index contributed by atoms with van der Waals surface area (Å²) in [6, 6.07) is 12.8. The summed E-state index contributed by atoms with van der Waals surface area (Å²) in [5, 5.41) is 9.47. The van der Waals surface area contributed by atoms with E-state index >= 15 is 0 Å². The number of benzene rings is 2. The maximum atomic E-state index is 14.7. The number of hydrogen-bond donors (Lipinski definition) is 2. The lowest BCUT2D eigenvalue weighted by Crippen LogP contribution is -2.53. The number of nitrogens with two attached hydrogens (primary N) is 1. The zero-order valence-electron chi connectivity index (χ0n) is 18.9. The Morgan fingerprint density at radius 3 is 2.64 bits per heavy atom. The number of halogens is 2. The first-order valence-electron chi connectivity index (χ1n) is 11.5. The van der Waals surface area contributed by atoms with Crippen LogP contribution in [0.2, 0.25) is 0 Å². The van der Waals surface area contributed by atoms with Gasteiger partial charge in [0.25, 0.3) is 0 Å². The maximum Gasteiger partial charge on any atom is 0.341 e. The van der Waals surface area contributed by atoms with E-state index in [1.165, 1.54) is 5.01 Å². The third kappa shape index (κ3) is 4.63. The molecule has 0 bridgehead atoms. The number of piperidine rings is 1. The van der Waals surface area contributed by atoms with Crippen molar-refractivity contribution in [3.8, 4) is 0 Å². The van der Waals surface area contributed by atoms with Crippen LogP contribution in [0, 0.1) is 11.6 Å². The molecule has 3 N–H and O–H groups in total. The summed E-state index contributed by atoms with van der Waals surface area (Å²) < 4.78 is 28.7. The number of hydrogen-bond acceptors (Lipinski definition) is 4. The Kier molecular flexibility index (Phi) is 7.05. The number of amides is 2. The summed E-state index contributed by atoms with van der Waals surface area (Å²) in [7, 11) is 1.80. The largest absolute Gasteiger partial charge is 0.341 e. The van der Waals surface area contributed by atoms with Gasteiger partial charge in [-0.15, -0.1) is 0 Å². The van der Waals surface area contributed by atoms with Gasteiger partial charge in [-0.1, -0.05) is 30.3 Å². The minimum atomic E-state index is -0.826. The molecule has 2 aromatic rings. The molecule has 1 atom stereocenters. The van der Waals surface area contributed by atoms with Crippen LogP contribution in [0.15, 0.2) is 53.6 Å². The second-order valence-electron chi connectivity index (χ2n) is 8.82. The van der Waals surface area contributed by atoms with Crippen molar-refractivity contribution in [2.75, 3.05) is 26.7 Å². The van der Waals surface area contributed by atoms with Crippen molar-refractivity contribution in [2.24, 2.45) is 10.8 Å². The van der Waals surface area contributed by atoms with Crippen molar-refractivity contribution >= 4 is 11.7 Å². The van der Waals surface area contributed by atoms with Crippen LogP contribution >= 0.6 is 0 Å². The molecule has 0 aliphatic carbocycles. The third-order valence-corrected chi connectivity index (χ3v) is 6.77. The van der Waals surface area contributed by atoms with Crippen LogP contribution in [0.3, 0.4) is 0 Å². The summed E-state index contributed by atoms with van der Waals surface area (Å²) >= 11 is 0. The van der Waals surface area contributed by atoms with E-state index in [-0.39, 0.29) is 24.1 Å². The highest BCUT2D eigenvalue weighted by Crippen LogP contribution is 2.44. The SMILES string of the molecule is CN(C(=O)N1N=C(c2cc(F)ccc2F)CC1(CCCN)c1ccccc1)C1CCNCC1. The van der Waals surface area contributed by atoms with Crippen molar-refractivity contribution in [1.82, 2.24) is 15.2 Å². The van der Waals surface area contributed by atoms with Crippen LogP contribution in [0.4, 0.5) is 13.6 Å². The second kappa shape index (κ2) is 9.97. The van der Waals surface area contributed by atoms with Crippen molar-refractivity contribution in [1.29, 1.82) is 0 Å². The summed E-state index contributed by atoms with van der Waals surface area (Å²) in [5.41, 5.74) is 6.39. The molecule has 2 aliphatic heterocycles. The second-order valence-corrected chi connectivity index (χ2v) is 8.82. The van der Waals surface area contributed by atoms with Gasteiger partial charge >= 0.3 is 6.03 Å². The molecule has 6 nitrogen and oxygen atoms in total. The molecule has 2 amide bonds. The first kappa shape index (κ1) is 23.3. The van der Waals surface area contributed by atoms with Gasteiger partial charge < -0.3 is 16.0 Å². The minimum Gasteiger partial charge on any atom is -0.330 e. The van der Waals surface area contributed by atoms with Gasteiger partial charge in [0.05, 0.1) is 11.3 Å². The average Bonchev–Trinajstić information content (AvgIpc) is 3.25. The Labute approximate surface area is 193 Å². The Morgan fingerprint density at radius 2 is 1.94 bits per heavy atom. The highest BCUT2D eigenvalue weighted by molar-refractivity contribution is 6.04. The Morgan fingerprint density at radius 1 is 1.21 bits per heavy atom. The van der Waals surface area contributed by atoms with Gasteiger partial charge in [-0.3, -0.25) is 0 Å². The molecule has 0 saturated carbocycles. The molecular formula is C25H31F2N5O. The molecule has 0 radical (unpaired) electrons. The molecule has 1 saturated heterocycles. The van der Waals surface area contributed by atoms with Gasteiger partial charge in [0.2, 0.25) is 0 Å². The summed E-state index contributed by atoms with van der Waals surface area (Å²) in [6.07, 6.45) is 3.20. The van der Waals surface area contributed by atoms with E-state index in [9.17, 15) is 13.6 Å². The Bertz CT molecular complexity index is 1010. The summed E-state index contributed by atoms with van der Waals surface area (Å²) in [5.74, 6) is -1.10. The van der Waals surface area contributed by atoms with Crippen molar-refractivity contribution in [3.63, 3.8) is 0 Å². The number of nitrogens with one attached hydrogen (secondary N) is 1. The van der Waals surface area contributed by atoms with Gasteiger partial charge in [0.1, 0.15) is 11.6 Å². The van der Waals surface area contributed by atoms with Gasteiger partial charge in [-0.05, 0) is 69.1 Å². The van der Waals surface area contributed by atoms with E-state index < -0.39 is 17.2 Å². The fourth-order valence-corrected chi connectivity index (χ4v) is 4.90. The topological polar surface area (TPSA) is 74.0 Å². The molecular weight excluding hydrogens is 424 g/mol. The fourth-order valence-electron chi connectivity index (χ4n) is 4.90. The van der Waals surface area contributed by atoms with E-state index in [0.29, 0.717) is 25.1 Å². The fraction of sp³-hybridized carbons (Fsp3) is 0.440. The lowest BCUT2D eigenvalue weighted by molar-refractivity contribution is 0.0833. The quantitative estimate of drug-likeness (QED) is 0.696. The lowest BCUT2D eigenvalue weighted by Gasteiger charge is -2.41. The monoisotopic (exact) mass is 455 g/mol. The number of nitrogens with zero attached hydrogens (tertiary/aromatic N) is 3. The predicted molar refractivity (Wildman–Crippen MR) is 125 cm³/mol. The predicted octanol–water partition coefficient (Wildman–Crippen LogP) is 3.81. The molecule has 33 heavy (non-hydrogen) atoms. The number of hydrazone groups is 1. The van der Waals surface area contributed by atoms with Gasteiger partial charge in [-0.2, -0.15) is 5.10 Å². The van der Waals surface area contributed by atoms with Crippen LogP contribution in [0.1, 0.15) is 43.2 Å². The molecule has 0 spiro atoms. The smallest absolute Gasteiger partial charge is 0.330 e. The highest BCUT2D eigenvalue weighted by atomic mass is 19.1. The van der Waals surface area contributed by atoms with Crippen LogP contribution in [-0.4, -0.2) is 54.4 Å². The number of urea groups is 1. The molecule has 1 unspecified atom stereocenters. The highest BCUT2D eigenvalue weighted by Gasteiger charge is 2.48. The van der Waals surface area contributed by atoms with Crippen LogP contribution < -0.4 is 11.1 Å². The van der Waals surface area contributed by atoms with E-state index in [1.54, 1.807) is 11.9 Å². The van der Waals surface area contributed by atoms with Crippen molar-refractivity contribution < 1.29 is 13.6 Å². The van der Waals surface area contributed by atoms with E-state index in [4.69, 9.17) is 5.73 Å². The Balaban J connectivity index is 1.79. The normalized spacial score (nSPS) is 21.2. The summed E-state index contributed by atoms with van der Waals surface area (Å²) in [6.45, 7) is 2.15. The molecule has 2 aliphatic rings. The van der Waals surface area contributed by atoms with Crippen molar-refractivity contribution in [3.05, 3.63) is 71.3 Å². The Hall–Kier alpha value is -2.84. The molecule has 0 aromatic heterocycles. The molecule has 4 rings (SSSR count). The van der Waals surface area contributed by atoms with E-state index in [1.807, 2.05) is 30.3 Å². The minimum absolute atomic E-state index is 0.0860. The zero-order chi connectivity index (χ0) is 23.4. The number of rotatable bonds is 6. The van der Waals surface area contributed by atoms with Crippen LogP contribution in [-0.2, 0) is 5.54 Å². The molecule has 1 fully saturated rings. The maximum absolute atomic E-state index is 14.7. The standard InChI is InChI=1S/C25H31F2N5O/c1-31(20-10-14-29-15-11-20)24(33)32-25(12-5-13-28,18-6-3-2-4-7-18)17-23(30-32)21-16-19(26)8-9-22(21)27/h2-4,6-9,16,20,29H,5,10-15,17,28H2,1H3. The van der Waals surface area contributed by atoms with Crippen LogP contribution in [0.5, 0.6) is 0 Å². The third-order valence-electron chi connectivity index (χ3n) is 6.77. The first-order valence-corrected chi connectivity index (χ1v) is 11.5. The van der Waals surface area contributed by atoms with Gasteiger partial charge in [0.15, 0.2) is 0 Å². The molecule has 2 heterocycles. The molecule has 8 heteroatoms. The van der Waals surface area contributed by atoms with E-state index in [2.05, 4.69) is 10.4 Å². The first-order chi connectivity index (χ1) is 16.0. The van der Waals surface area contributed by atoms with Gasteiger partial charge in [0, 0.05) is 25.1 Å². The number of carbonyl (C=O) groups excluding carboxylic acids is 1. The average molecular weight is 456 g/mol. The lowest BCUT2D eigenvalue weighted by atomic mass is 9.80. The van der Waals surface area contributed by atoms with Gasteiger partial charge in [-0.25, -0.2) is 18.6 Å². The molecule has 2 aromatic carbocycles. The van der Waals surface area contributed by atoms with Crippen LogP contribution in [0.25, 0.3) is 0 Å². The van der Waals surface area contributed by atoms with Crippen molar-refractivity contribution in [2.45, 2.75) is 43.7 Å². The molecule has 176 valence electrons.